The standard InChI is InChI=1S/C17H20F2N2O3/c1-24-13-4-2-3-12(7-13)8-14(22)21-10-16(5-6-20-15(16)23)9-17(18,19)11-21/h2-4,7H,5-6,8-11H2,1H3,(H,20,23)/t16-/m1/s1. The summed E-state index contributed by atoms with van der Waals surface area (Å²) >= 11 is 0. The Hall–Kier alpha value is -2.18. The van der Waals surface area contributed by atoms with Gasteiger partial charge in [0.05, 0.1) is 25.5 Å². The molecule has 1 N–H and O–H groups in total. The lowest BCUT2D eigenvalue weighted by Gasteiger charge is -2.42. The molecule has 5 nitrogen and oxygen atoms in total. The summed E-state index contributed by atoms with van der Waals surface area (Å²) in [6.07, 6.45) is -0.149. The number of rotatable bonds is 3. The van der Waals surface area contributed by atoms with E-state index >= 15 is 0 Å². The molecule has 0 aliphatic carbocycles. The highest BCUT2D eigenvalue weighted by atomic mass is 19.3. The highest BCUT2D eigenvalue weighted by molar-refractivity contribution is 5.87. The zero-order valence-electron chi connectivity index (χ0n) is 13.5. The molecule has 2 heterocycles. The van der Waals surface area contributed by atoms with Crippen LogP contribution in [0.15, 0.2) is 24.3 Å². The molecule has 0 bridgehead atoms. The minimum absolute atomic E-state index is 0.00494. The van der Waals surface area contributed by atoms with Crippen molar-refractivity contribution in [2.45, 2.75) is 25.2 Å². The first kappa shape index (κ1) is 16.7. The van der Waals surface area contributed by atoms with E-state index in [1.807, 2.05) is 0 Å². The second-order valence-corrected chi connectivity index (χ2v) is 6.60. The summed E-state index contributed by atoms with van der Waals surface area (Å²) in [5, 5.41) is 2.62. The van der Waals surface area contributed by atoms with Crippen molar-refractivity contribution in [3.05, 3.63) is 29.8 Å². The third-order valence-corrected chi connectivity index (χ3v) is 4.73. The van der Waals surface area contributed by atoms with Gasteiger partial charge in [-0.3, -0.25) is 9.59 Å². The van der Waals surface area contributed by atoms with Crippen molar-refractivity contribution in [1.29, 1.82) is 0 Å². The maximum Gasteiger partial charge on any atom is 0.266 e. The quantitative estimate of drug-likeness (QED) is 0.911. The predicted octanol–water partition coefficient (Wildman–Crippen LogP) is 1.61. The molecule has 2 aliphatic heterocycles. The van der Waals surface area contributed by atoms with E-state index in [0.29, 0.717) is 24.3 Å². The smallest absolute Gasteiger partial charge is 0.266 e. The van der Waals surface area contributed by atoms with Gasteiger partial charge >= 0.3 is 0 Å². The lowest BCUT2D eigenvalue weighted by Crippen LogP contribution is -2.57. The molecule has 2 aliphatic rings. The highest BCUT2D eigenvalue weighted by Gasteiger charge is 2.55. The average Bonchev–Trinajstić information content (AvgIpc) is 2.85. The summed E-state index contributed by atoms with van der Waals surface area (Å²) in [7, 11) is 1.52. The summed E-state index contributed by atoms with van der Waals surface area (Å²) in [4.78, 5) is 25.7. The fourth-order valence-electron chi connectivity index (χ4n) is 3.59. The number of nitrogens with one attached hydrogen (secondary N) is 1. The van der Waals surface area contributed by atoms with Crippen molar-refractivity contribution in [2.24, 2.45) is 5.41 Å². The summed E-state index contributed by atoms with van der Waals surface area (Å²) in [6.45, 7) is -0.200. The molecule has 7 heteroatoms. The number of methoxy groups -OCH3 is 1. The lowest BCUT2D eigenvalue weighted by atomic mass is 9.77. The molecular weight excluding hydrogens is 318 g/mol. The second kappa shape index (κ2) is 6.03. The van der Waals surface area contributed by atoms with Crippen LogP contribution in [0.4, 0.5) is 8.78 Å². The van der Waals surface area contributed by atoms with Gasteiger partial charge in [0.1, 0.15) is 5.75 Å². The molecule has 2 fully saturated rings. The Morgan fingerprint density at radius 2 is 2.17 bits per heavy atom. The Labute approximate surface area is 139 Å². The molecule has 1 aromatic rings. The van der Waals surface area contributed by atoms with E-state index in [-0.39, 0.29) is 18.9 Å². The normalized spacial score (nSPS) is 25.6. The third kappa shape index (κ3) is 3.20. The monoisotopic (exact) mass is 338 g/mol. The van der Waals surface area contributed by atoms with Crippen molar-refractivity contribution in [1.82, 2.24) is 10.2 Å². The van der Waals surface area contributed by atoms with E-state index in [1.54, 1.807) is 24.3 Å². The number of hydrogen-bond donors (Lipinski definition) is 1. The average molecular weight is 338 g/mol. The van der Waals surface area contributed by atoms with Crippen LogP contribution in [0.3, 0.4) is 0 Å². The van der Waals surface area contributed by atoms with Crippen molar-refractivity contribution in [2.75, 3.05) is 26.7 Å². The molecule has 1 spiro atoms. The molecule has 0 radical (unpaired) electrons. The maximum absolute atomic E-state index is 14.1. The van der Waals surface area contributed by atoms with Gasteiger partial charge in [-0.15, -0.1) is 0 Å². The van der Waals surface area contributed by atoms with Crippen LogP contribution in [-0.2, 0) is 16.0 Å². The van der Waals surface area contributed by atoms with E-state index < -0.39 is 30.2 Å². The Kier molecular flexibility index (Phi) is 4.19. The summed E-state index contributed by atoms with van der Waals surface area (Å²) in [5.74, 6) is -3.22. The first-order valence-corrected chi connectivity index (χ1v) is 7.90. The van der Waals surface area contributed by atoms with Crippen LogP contribution in [0.1, 0.15) is 18.4 Å². The largest absolute Gasteiger partial charge is 0.497 e. The molecule has 1 atom stereocenters. The van der Waals surface area contributed by atoms with Crippen LogP contribution in [-0.4, -0.2) is 49.4 Å². The molecule has 3 rings (SSSR count). The number of nitrogens with zero attached hydrogens (tertiary/aromatic N) is 1. The SMILES string of the molecule is COc1cccc(CC(=O)N2CC(F)(F)C[C@]3(CCNC3=O)C2)c1. The minimum atomic E-state index is -3.05. The number of halogens is 2. The fourth-order valence-corrected chi connectivity index (χ4v) is 3.59. The first-order chi connectivity index (χ1) is 11.3. The van der Waals surface area contributed by atoms with E-state index in [2.05, 4.69) is 5.32 Å². The van der Waals surface area contributed by atoms with Gasteiger partial charge in [0.15, 0.2) is 0 Å². The third-order valence-electron chi connectivity index (χ3n) is 4.73. The number of carbonyl (C=O) groups excluding carboxylic acids is 2. The van der Waals surface area contributed by atoms with Crippen LogP contribution in [0.25, 0.3) is 0 Å². The van der Waals surface area contributed by atoms with Crippen molar-refractivity contribution >= 4 is 11.8 Å². The van der Waals surface area contributed by atoms with Crippen LogP contribution in [0.5, 0.6) is 5.75 Å². The summed E-state index contributed by atoms with van der Waals surface area (Å²) in [6, 6.07) is 6.96. The van der Waals surface area contributed by atoms with Crippen LogP contribution < -0.4 is 10.1 Å². The Bertz CT molecular complexity index is 665. The van der Waals surface area contributed by atoms with Gasteiger partial charge in [0.25, 0.3) is 5.92 Å². The van der Waals surface area contributed by atoms with E-state index in [4.69, 9.17) is 4.74 Å². The maximum atomic E-state index is 14.1. The van der Waals surface area contributed by atoms with Crippen molar-refractivity contribution in [3.63, 3.8) is 0 Å². The van der Waals surface area contributed by atoms with Crippen LogP contribution in [0.2, 0.25) is 0 Å². The van der Waals surface area contributed by atoms with Gasteiger partial charge < -0.3 is 15.0 Å². The zero-order valence-corrected chi connectivity index (χ0v) is 13.5. The van der Waals surface area contributed by atoms with E-state index in [0.717, 1.165) is 4.90 Å². The molecule has 130 valence electrons. The molecule has 24 heavy (non-hydrogen) atoms. The first-order valence-electron chi connectivity index (χ1n) is 7.90. The number of ether oxygens (including phenoxy) is 1. The van der Waals surface area contributed by atoms with E-state index in [9.17, 15) is 18.4 Å². The minimum Gasteiger partial charge on any atom is -0.497 e. The highest BCUT2D eigenvalue weighted by Crippen LogP contribution is 2.43. The number of benzene rings is 1. The number of alkyl halides is 2. The number of amides is 2. The van der Waals surface area contributed by atoms with Gasteiger partial charge in [-0.1, -0.05) is 12.1 Å². The summed E-state index contributed by atoms with van der Waals surface area (Å²) in [5.41, 5.74) is -0.468. The number of likely N-dealkylation sites (tertiary alicyclic amines) is 1. The van der Waals surface area contributed by atoms with Crippen LogP contribution in [0, 0.1) is 5.41 Å². The summed E-state index contributed by atoms with van der Waals surface area (Å²) < 4.78 is 33.4. The Morgan fingerprint density at radius 1 is 1.38 bits per heavy atom. The number of piperidine rings is 1. The predicted molar refractivity (Wildman–Crippen MR) is 82.9 cm³/mol. The topological polar surface area (TPSA) is 58.6 Å². The van der Waals surface area contributed by atoms with Gasteiger partial charge in [-0.25, -0.2) is 8.78 Å². The van der Waals surface area contributed by atoms with Gasteiger partial charge in [-0.2, -0.15) is 0 Å². The van der Waals surface area contributed by atoms with Crippen molar-refractivity contribution < 1.29 is 23.1 Å². The Morgan fingerprint density at radius 3 is 2.83 bits per heavy atom. The van der Waals surface area contributed by atoms with Gasteiger partial charge in [-0.05, 0) is 24.1 Å². The molecule has 0 saturated carbocycles. The number of carbonyl (C=O) groups is 2. The van der Waals surface area contributed by atoms with Crippen molar-refractivity contribution in [3.8, 4) is 5.75 Å². The second-order valence-electron chi connectivity index (χ2n) is 6.60. The molecular formula is C17H20F2N2O3. The zero-order chi connectivity index (χ0) is 17.4. The fraction of sp³-hybridized carbons (Fsp3) is 0.529. The van der Waals surface area contributed by atoms with E-state index in [1.165, 1.54) is 7.11 Å². The lowest BCUT2D eigenvalue weighted by molar-refractivity contribution is -0.159. The van der Waals surface area contributed by atoms with Gasteiger partial charge in [0, 0.05) is 19.5 Å². The molecule has 2 saturated heterocycles. The number of hydrogen-bond acceptors (Lipinski definition) is 3. The Balaban J connectivity index is 1.77. The van der Waals surface area contributed by atoms with Gasteiger partial charge in [0.2, 0.25) is 11.8 Å². The molecule has 0 unspecified atom stereocenters. The van der Waals surface area contributed by atoms with Crippen LogP contribution >= 0.6 is 0 Å². The molecule has 1 aromatic carbocycles. The molecule has 0 aromatic heterocycles. The molecule has 2 amide bonds.